The van der Waals surface area contributed by atoms with Crippen LogP contribution in [0.1, 0.15) is 0 Å². The lowest BCUT2D eigenvalue weighted by Crippen LogP contribution is -2.11. The van der Waals surface area contributed by atoms with Gasteiger partial charge in [-0.3, -0.25) is 0 Å². The lowest BCUT2D eigenvalue weighted by atomic mass is 9.95. The maximum absolute atomic E-state index is 6.66. The van der Waals surface area contributed by atoms with E-state index in [4.69, 9.17) is 4.42 Å². The van der Waals surface area contributed by atoms with Gasteiger partial charge in [-0.15, -0.1) is 0 Å². The summed E-state index contributed by atoms with van der Waals surface area (Å²) < 4.78 is 6.66. The van der Waals surface area contributed by atoms with Crippen LogP contribution in [0.15, 0.2) is 217 Å². The lowest BCUT2D eigenvalue weighted by molar-refractivity contribution is 0.673. The molecule has 0 saturated heterocycles. The fourth-order valence-corrected chi connectivity index (χ4v) is 8.56. The molecule has 2 nitrogen and oxygen atoms in total. The summed E-state index contributed by atoms with van der Waals surface area (Å²) in [6.45, 7) is 0. The number of rotatable bonds is 6. The Morgan fingerprint density at radius 2 is 0.929 bits per heavy atom. The second-order valence-corrected chi connectivity index (χ2v) is 14.5. The third-order valence-corrected chi connectivity index (χ3v) is 11.2. The van der Waals surface area contributed by atoms with Crippen LogP contribution in [-0.2, 0) is 0 Å². The van der Waals surface area contributed by atoms with Crippen molar-refractivity contribution >= 4 is 71.3 Å². The molecule has 11 rings (SSSR count). The van der Waals surface area contributed by atoms with Crippen molar-refractivity contribution in [2.24, 2.45) is 0 Å². The van der Waals surface area contributed by atoms with E-state index >= 15 is 0 Å². The zero-order valence-electron chi connectivity index (χ0n) is 30.6. The Kier molecular flexibility index (Phi) is 7.53. The maximum Gasteiger partial charge on any atom is 0.143 e. The summed E-state index contributed by atoms with van der Waals surface area (Å²) in [5, 5.41) is 9.50. The molecule has 0 N–H and O–H groups in total. The monoisotopic (exact) mass is 713 g/mol. The van der Waals surface area contributed by atoms with Crippen LogP contribution in [0, 0.1) is 0 Å². The van der Waals surface area contributed by atoms with Crippen LogP contribution in [0.3, 0.4) is 0 Å². The number of benzene rings is 10. The maximum atomic E-state index is 6.66. The van der Waals surface area contributed by atoms with Gasteiger partial charge in [0.05, 0.1) is 5.69 Å². The summed E-state index contributed by atoms with van der Waals surface area (Å²) in [5.41, 5.74) is 12.1. The predicted octanol–water partition coefficient (Wildman–Crippen LogP) is 15.5. The Morgan fingerprint density at radius 1 is 0.321 bits per heavy atom. The molecule has 0 amide bonds. The summed E-state index contributed by atoms with van der Waals surface area (Å²) in [6, 6.07) is 76.5. The number of para-hydroxylation sites is 1. The van der Waals surface area contributed by atoms with Crippen LogP contribution in [0.25, 0.3) is 87.6 Å². The smallest absolute Gasteiger partial charge is 0.143 e. The minimum atomic E-state index is 0.882. The molecule has 56 heavy (non-hydrogen) atoms. The van der Waals surface area contributed by atoms with Gasteiger partial charge in [-0.25, -0.2) is 0 Å². The van der Waals surface area contributed by atoms with Crippen LogP contribution in [0.2, 0.25) is 0 Å². The molecule has 10 aromatic carbocycles. The highest BCUT2D eigenvalue weighted by Crippen LogP contribution is 2.46. The normalized spacial score (nSPS) is 11.6. The van der Waals surface area contributed by atoms with Gasteiger partial charge in [0.2, 0.25) is 0 Å². The minimum absolute atomic E-state index is 0.882. The largest absolute Gasteiger partial charge is 0.455 e. The van der Waals surface area contributed by atoms with Crippen molar-refractivity contribution in [1.29, 1.82) is 0 Å². The molecule has 0 aliphatic heterocycles. The van der Waals surface area contributed by atoms with E-state index in [0.717, 1.165) is 61.1 Å². The van der Waals surface area contributed by atoms with Gasteiger partial charge < -0.3 is 9.32 Å². The Labute approximate surface area is 325 Å². The molecule has 0 aliphatic carbocycles. The molecule has 0 fully saturated rings. The van der Waals surface area contributed by atoms with E-state index < -0.39 is 0 Å². The van der Waals surface area contributed by atoms with Crippen molar-refractivity contribution in [1.82, 2.24) is 0 Å². The molecule has 1 heterocycles. The molecular weight excluding hydrogens is 679 g/mol. The molecule has 262 valence electrons. The Morgan fingerprint density at radius 3 is 1.80 bits per heavy atom. The molecule has 0 aliphatic rings. The summed E-state index contributed by atoms with van der Waals surface area (Å²) in [7, 11) is 0. The zero-order valence-corrected chi connectivity index (χ0v) is 30.6. The van der Waals surface area contributed by atoms with E-state index in [1.807, 2.05) is 0 Å². The Balaban J connectivity index is 1.11. The van der Waals surface area contributed by atoms with Crippen molar-refractivity contribution in [3.8, 4) is 33.4 Å². The van der Waals surface area contributed by atoms with Crippen LogP contribution in [0.4, 0.5) is 17.1 Å². The molecule has 0 radical (unpaired) electrons. The summed E-state index contributed by atoms with van der Waals surface area (Å²) in [4.78, 5) is 2.41. The topological polar surface area (TPSA) is 16.4 Å². The number of hydrogen-bond acceptors (Lipinski definition) is 2. The average molecular weight is 714 g/mol. The van der Waals surface area contributed by atoms with Gasteiger partial charge in [0.1, 0.15) is 11.2 Å². The molecule has 2 heteroatoms. The third kappa shape index (κ3) is 5.34. The van der Waals surface area contributed by atoms with E-state index in [-0.39, 0.29) is 0 Å². The van der Waals surface area contributed by atoms with Crippen molar-refractivity contribution in [3.63, 3.8) is 0 Å². The molecule has 0 spiro atoms. The quantitative estimate of drug-likeness (QED) is 0.171. The second kappa shape index (κ2) is 13.2. The molecule has 0 atom stereocenters. The molecule has 0 saturated carbocycles. The molecule has 1 aromatic heterocycles. The van der Waals surface area contributed by atoms with Crippen molar-refractivity contribution in [2.45, 2.75) is 0 Å². The summed E-state index contributed by atoms with van der Waals surface area (Å²) in [6.07, 6.45) is 0. The number of furan rings is 1. The van der Waals surface area contributed by atoms with Gasteiger partial charge in [-0.1, -0.05) is 164 Å². The fourth-order valence-electron chi connectivity index (χ4n) is 8.56. The molecular formula is C54H35NO. The van der Waals surface area contributed by atoms with Crippen molar-refractivity contribution < 1.29 is 4.42 Å². The van der Waals surface area contributed by atoms with Gasteiger partial charge in [0.25, 0.3) is 0 Å². The Bertz CT molecular complexity index is 3260. The number of anilines is 3. The highest BCUT2D eigenvalue weighted by molar-refractivity contribution is 6.19. The van der Waals surface area contributed by atoms with Crippen molar-refractivity contribution in [2.75, 3.05) is 4.90 Å². The van der Waals surface area contributed by atoms with Crippen molar-refractivity contribution in [3.05, 3.63) is 212 Å². The van der Waals surface area contributed by atoms with E-state index in [0.29, 0.717) is 0 Å². The summed E-state index contributed by atoms with van der Waals surface area (Å²) >= 11 is 0. The molecule has 0 bridgehead atoms. The first-order valence-electron chi connectivity index (χ1n) is 19.2. The first-order chi connectivity index (χ1) is 27.8. The highest BCUT2D eigenvalue weighted by Gasteiger charge is 2.21. The zero-order chi connectivity index (χ0) is 37.0. The van der Waals surface area contributed by atoms with Gasteiger partial charge in [0, 0.05) is 33.1 Å². The number of hydrogen-bond donors (Lipinski definition) is 0. The minimum Gasteiger partial charge on any atom is -0.455 e. The van der Waals surface area contributed by atoms with E-state index in [1.165, 1.54) is 43.6 Å². The average Bonchev–Trinajstić information content (AvgIpc) is 3.67. The third-order valence-electron chi connectivity index (χ3n) is 11.2. The SMILES string of the molecule is c1cc(-c2ccc3ccccc3c2)cc(N(c2ccc(-c3cccc4ccccc34)cc2)c2ccccc2-c2cccc3oc4c5ccccc5ccc4c23)c1. The van der Waals surface area contributed by atoms with Gasteiger partial charge in [-0.05, 0) is 103 Å². The van der Waals surface area contributed by atoms with Crippen LogP contribution >= 0.6 is 0 Å². The van der Waals surface area contributed by atoms with E-state index in [2.05, 4.69) is 217 Å². The fraction of sp³-hybridized carbons (Fsp3) is 0. The predicted molar refractivity (Wildman–Crippen MR) is 237 cm³/mol. The lowest BCUT2D eigenvalue weighted by Gasteiger charge is -2.28. The highest BCUT2D eigenvalue weighted by atomic mass is 16.3. The molecule has 0 unspecified atom stereocenters. The summed E-state index contributed by atoms with van der Waals surface area (Å²) in [5.74, 6) is 0. The number of fused-ring (bicyclic) bond motifs is 7. The first-order valence-corrected chi connectivity index (χ1v) is 19.2. The first kappa shape index (κ1) is 32.0. The Hall–Kier alpha value is -7.42. The van der Waals surface area contributed by atoms with Crippen LogP contribution in [0.5, 0.6) is 0 Å². The van der Waals surface area contributed by atoms with E-state index in [1.54, 1.807) is 0 Å². The van der Waals surface area contributed by atoms with Gasteiger partial charge in [-0.2, -0.15) is 0 Å². The standard InChI is InChI=1S/C54H35NO/c1-2-15-40-34-42(27-26-36(40)12-1)41-17-9-18-44(35-41)55(43-31-28-39(29-32-43)46-22-10-16-37-13-3-5-19-45(37)46)51-24-8-7-21-48(51)49-23-11-25-52-53(49)50-33-30-38-14-4-6-20-47(38)54(50)56-52/h1-35H. The second-order valence-electron chi connectivity index (χ2n) is 14.5. The van der Waals surface area contributed by atoms with Crippen LogP contribution < -0.4 is 4.90 Å². The van der Waals surface area contributed by atoms with Crippen LogP contribution in [-0.4, -0.2) is 0 Å². The number of nitrogens with zero attached hydrogens (tertiary/aromatic N) is 1. The van der Waals surface area contributed by atoms with Gasteiger partial charge >= 0.3 is 0 Å². The van der Waals surface area contributed by atoms with Gasteiger partial charge in [0.15, 0.2) is 0 Å². The van der Waals surface area contributed by atoms with E-state index in [9.17, 15) is 0 Å². The molecule has 11 aromatic rings.